The van der Waals surface area contributed by atoms with Crippen LogP contribution >= 0.6 is 0 Å². The van der Waals surface area contributed by atoms with Gasteiger partial charge in [0, 0.05) is 44.4 Å². The lowest BCUT2D eigenvalue weighted by Gasteiger charge is -2.57. The van der Waals surface area contributed by atoms with Crippen molar-refractivity contribution in [2.45, 2.75) is 44.4 Å². The summed E-state index contributed by atoms with van der Waals surface area (Å²) in [5, 5.41) is 0. The Hall–Kier alpha value is -0.160. The van der Waals surface area contributed by atoms with Crippen molar-refractivity contribution in [3.05, 3.63) is 0 Å². The molecule has 2 fully saturated rings. The van der Waals surface area contributed by atoms with Crippen LogP contribution in [-0.4, -0.2) is 67.3 Å². The minimum Gasteiger partial charge on any atom is -0.378 e. The monoisotopic (exact) mass is 241 g/mol. The zero-order valence-electron chi connectivity index (χ0n) is 11.5. The third kappa shape index (κ3) is 2.50. The molecular weight excluding hydrogens is 214 g/mol. The molecule has 1 saturated carbocycles. The van der Waals surface area contributed by atoms with E-state index in [1.54, 1.807) is 0 Å². The molecule has 1 atom stereocenters. The number of hydrogen-bond acceptors (Lipinski definition) is 4. The van der Waals surface area contributed by atoms with Gasteiger partial charge in [0.05, 0.1) is 6.10 Å². The van der Waals surface area contributed by atoms with E-state index >= 15 is 0 Å². The molecular formula is C13H27N3O. The first-order chi connectivity index (χ1) is 8.11. The topological polar surface area (TPSA) is 41.7 Å². The Labute approximate surface area is 105 Å². The second-order valence-electron chi connectivity index (χ2n) is 5.72. The van der Waals surface area contributed by atoms with Gasteiger partial charge in [0.25, 0.3) is 0 Å². The zero-order chi connectivity index (χ0) is 12.5. The predicted molar refractivity (Wildman–Crippen MR) is 70.1 cm³/mol. The number of ether oxygens (including phenoxy) is 1. The molecule has 2 rings (SSSR count). The number of nitrogens with zero attached hydrogens (tertiary/aromatic N) is 2. The highest BCUT2D eigenvalue weighted by Gasteiger charge is 2.50. The number of hydrogen-bond donors (Lipinski definition) is 1. The molecule has 2 aliphatic rings. The van der Waals surface area contributed by atoms with Gasteiger partial charge in [-0.15, -0.1) is 0 Å². The Kier molecular flexibility index (Phi) is 4.08. The van der Waals surface area contributed by atoms with Crippen molar-refractivity contribution < 1.29 is 4.74 Å². The van der Waals surface area contributed by atoms with Gasteiger partial charge in [-0.1, -0.05) is 0 Å². The summed E-state index contributed by atoms with van der Waals surface area (Å²) >= 11 is 0. The van der Waals surface area contributed by atoms with Gasteiger partial charge in [0.1, 0.15) is 0 Å². The highest BCUT2D eigenvalue weighted by atomic mass is 16.5. The van der Waals surface area contributed by atoms with Crippen molar-refractivity contribution in [3.63, 3.8) is 0 Å². The second kappa shape index (κ2) is 5.22. The van der Waals surface area contributed by atoms with Crippen LogP contribution in [0.15, 0.2) is 0 Å². The van der Waals surface area contributed by atoms with E-state index < -0.39 is 0 Å². The maximum absolute atomic E-state index is 6.04. The SMILES string of the molecule is CCOC1CC(CN)(N2CCN(C)CC2C)C1. The molecule has 0 amide bonds. The quantitative estimate of drug-likeness (QED) is 0.779. The molecule has 1 aliphatic heterocycles. The lowest BCUT2D eigenvalue weighted by Crippen LogP contribution is -2.69. The maximum Gasteiger partial charge on any atom is 0.0611 e. The van der Waals surface area contributed by atoms with E-state index in [1.165, 1.54) is 0 Å². The number of likely N-dealkylation sites (N-methyl/N-ethyl adjacent to an activating group) is 1. The van der Waals surface area contributed by atoms with Crippen molar-refractivity contribution >= 4 is 0 Å². The van der Waals surface area contributed by atoms with Gasteiger partial charge in [0.2, 0.25) is 0 Å². The molecule has 0 aromatic carbocycles. The molecule has 2 N–H and O–H groups in total. The van der Waals surface area contributed by atoms with Crippen LogP contribution in [0.2, 0.25) is 0 Å². The van der Waals surface area contributed by atoms with Gasteiger partial charge >= 0.3 is 0 Å². The number of piperazine rings is 1. The van der Waals surface area contributed by atoms with Gasteiger partial charge in [-0.3, -0.25) is 4.90 Å². The molecule has 100 valence electrons. The Morgan fingerprint density at radius 2 is 2.06 bits per heavy atom. The zero-order valence-corrected chi connectivity index (χ0v) is 11.5. The summed E-state index contributed by atoms with van der Waals surface area (Å²) in [5.41, 5.74) is 6.27. The fourth-order valence-electron chi connectivity index (χ4n) is 3.50. The van der Waals surface area contributed by atoms with Gasteiger partial charge in [-0.2, -0.15) is 0 Å². The number of nitrogens with two attached hydrogens (primary N) is 1. The molecule has 1 heterocycles. The third-order valence-electron chi connectivity index (χ3n) is 4.44. The molecule has 4 heteroatoms. The van der Waals surface area contributed by atoms with Gasteiger partial charge < -0.3 is 15.4 Å². The normalized spacial score (nSPS) is 40.2. The first kappa shape index (κ1) is 13.3. The molecule has 17 heavy (non-hydrogen) atoms. The van der Waals surface area contributed by atoms with Gasteiger partial charge in [0.15, 0.2) is 0 Å². The second-order valence-corrected chi connectivity index (χ2v) is 5.72. The number of rotatable bonds is 4. The van der Waals surface area contributed by atoms with E-state index in [9.17, 15) is 0 Å². The average Bonchev–Trinajstić information content (AvgIpc) is 2.24. The molecule has 4 nitrogen and oxygen atoms in total. The maximum atomic E-state index is 6.04. The van der Waals surface area contributed by atoms with Crippen LogP contribution in [0.3, 0.4) is 0 Å². The lowest BCUT2D eigenvalue weighted by molar-refractivity contribution is -0.123. The molecule has 0 radical (unpaired) electrons. The summed E-state index contributed by atoms with van der Waals surface area (Å²) in [7, 11) is 2.20. The van der Waals surface area contributed by atoms with Crippen LogP contribution in [0.4, 0.5) is 0 Å². The van der Waals surface area contributed by atoms with Crippen LogP contribution in [-0.2, 0) is 4.74 Å². The van der Waals surface area contributed by atoms with E-state index in [0.717, 1.165) is 45.6 Å². The van der Waals surface area contributed by atoms with Crippen LogP contribution in [0.25, 0.3) is 0 Å². The van der Waals surface area contributed by atoms with Gasteiger partial charge in [-0.25, -0.2) is 0 Å². The van der Waals surface area contributed by atoms with Gasteiger partial charge in [-0.05, 0) is 33.7 Å². The fraction of sp³-hybridized carbons (Fsp3) is 1.00. The van der Waals surface area contributed by atoms with Crippen molar-refractivity contribution in [1.82, 2.24) is 9.80 Å². The van der Waals surface area contributed by atoms with Crippen molar-refractivity contribution in [2.75, 3.05) is 39.8 Å². The first-order valence-corrected chi connectivity index (χ1v) is 6.88. The summed E-state index contributed by atoms with van der Waals surface area (Å²) in [4.78, 5) is 5.03. The average molecular weight is 241 g/mol. The van der Waals surface area contributed by atoms with Crippen LogP contribution in [0, 0.1) is 0 Å². The minimum atomic E-state index is 0.223. The highest BCUT2D eigenvalue weighted by molar-refractivity contribution is 5.06. The first-order valence-electron chi connectivity index (χ1n) is 6.88. The molecule has 1 saturated heterocycles. The molecule has 0 aromatic heterocycles. The lowest BCUT2D eigenvalue weighted by atomic mass is 9.71. The summed E-state index contributed by atoms with van der Waals surface area (Å²) in [6, 6.07) is 0.611. The molecule has 1 unspecified atom stereocenters. The van der Waals surface area contributed by atoms with E-state index in [2.05, 4.69) is 30.7 Å². The van der Waals surface area contributed by atoms with Crippen molar-refractivity contribution in [2.24, 2.45) is 5.73 Å². The highest BCUT2D eigenvalue weighted by Crippen LogP contribution is 2.40. The molecule has 1 aliphatic carbocycles. The minimum absolute atomic E-state index is 0.223. The summed E-state index contributed by atoms with van der Waals surface area (Å²) in [6.07, 6.45) is 2.67. The standard InChI is InChI=1S/C13H27N3O/c1-4-17-12-7-13(8-12,10-14)16-6-5-15(3)9-11(16)2/h11-12H,4-10,14H2,1-3H3. The van der Waals surface area contributed by atoms with Crippen molar-refractivity contribution in [3.8, 4) is 0 Å². The van der Waals surface area contributed by atoms with Crippen LogP contribution in [0.1, 0.15) is 26.7 Å². The Morgan fingerprint density at radius 3 is 2.59 bits per heavy atom. The smallest absolute Gasteiger partial charge is 0.0611 e. The van der Waals surface area contributed by atoms with Crippen molar-refractivity contribution in [1.29, 1.82) is 0 Å². The van der Waals surface area contributed by atoms with Crippen LogP contribution in [0.5, 0.6) is 0 Å². The Bertz CT molecular complexity index is 253. The Balaban J connectivity index is 1.95. The molecule has 0 spiro atoms. The summed E-state index contributed by atoms with van der Waals surface area (Å²) in [6.45, 7) is 9.44. The predicted octanol–water partition coefficient (Wildman–Crippen LogP) is 0.519. The Morgan fingerprint density at radius 1 is 1.35 bits per heavy atom. The van der Waals surface area contributed by atoms with E-state index in [1.807, 2.05) is 0 Å². The summed E-state index contributed by atoms with van der Waals surface area (Å²) in [5.74, 6) is 0. The molecule has 0 bridgehead atoms. The third-order valence-corrected chi connectivity index (χ3v) is 4.44. The van der Waals surface area contributed by atoms with E-state index in [-0.39, 0.29) is 5.54 Å². The van der Waals surface area contributed by atoms with Crippen LogP contribution < -0.4 is 5.73 Å². The summed E-state index contributed by atoms with van der Waals surface area (Å²) < 4.78 is 5.69. The molecule has 0 aromatic rings. The van der Waals surface area contributed by atoms with E-state index in [0.29, 0.717) is 12.1 Å². The fourth-order valence-corrected chi connectivity index (χ4v) is 3.50. The largest absolute Gasteiger partial charge is 0.378 e. The van der Waals surface area contributed by atoms with E-state index in [4.69, 9.17) is 10.5 Å².